The van der Waals surface area contributed by atoms with Crippen LogP contribution in [0.5, 0.6) is 0 Å². The molecule has 0 N–H and O–H groups in total. The summed E-state index contributed by atoms with van der Waals surface area (Å²) < 4.78 is 16.8. The number of hydrogen-bond donors (Lipinski definition) is 0. The molecule has 0 bridgehead atoms. The van der Waals surface area contributed by atoms with E-state index in [0.717, 1.165) is 64.2 Å². The summed E-state index contributed by atoms with van der Waals surface area (Å²) in [6.07, 6.45) is 83.2. The average Bonchev–Trinajstić information content (AvgIpc) is 3.45. The van der Waals surface area contributed by atoms with Gasteiger partial charge in [-0.2, -0.15) is 0 Å². The highest BCUT2D eigenvalue weighted by atomic mass is 16.6. The Morgan fingerprint density at radius 2 is 0.418 bits per heavy atom. The van der Waals surface area contributed by atoms with E-state index in [1.54, 1.807) is 0 Å². The van der Waals surface area contributed by atoms with Crippen molar-refractivity contribution in [2.75, 3.05) is 13.2 Å². The summed E-state index contributed by atoms with van der Waals surface area (Å²) in [6.45, 7) is 6.64. The van der Waals surface area contributed by atoms with Crippen molar-refractivity contribution >= 4 is 17.9 Å². The molecule has 0 aromatic rings. The van der Waals surface area contributed by atoms with Crippen molar-refractivity contribution in [2.24, 2.45) is 0 Å². The maximum atomic E-state index is 12.9. The number of rotatable bonds is 68. The summed E-state index contributed by atoms with van der Waals surface area (Å²) in [4.78, 5) is 38.0. The molecule has 1 atom stereocenters. The van der Waals surface area contributed by atoms with E-state index in [2.05, 4.69) is 32.9 Å². The summed E-state index contributed by atoms with van der Waals surface area (Å²) in [5.41, 5.74) is 0. The lowest BCUT2D eigenvalue weighted by atomic mass is 10.0. The molecule has 0 aliphatic carbocycles. The number of allylic oxidation sites excluding steroid dienone is 2. The first-order chi connectivity index (χ1) is 39.0. The highest BCUT2D eigenvalue weighted by Gasteiger charge is 2.19. The Morgan fingerprint density at radius 3 is 0.633 bits per heavy atom. The van der Waals surface area contributed by atoms with Crippen LogP contribution in [0.1, 0.15) is 419 Å². The molecular formula is C73H140O6. The van der Waals surface area contributed by atoms with E-state index >= 15 is 0 Å². The molecule has 0 aliphatic rings. The Kier molecular flexibility index (Phi) is 67.0. The van der Waals surface area contributed by atoms with E-state index in [4.69, 9.17) is 14.2 Å². The van der Waals surface area contributed by atoms with Crippen LogP contribution in [0.25, 0.3) is 0 Å². The third kappa shape index (κ3) is 66.8. The zero-order valence-electron chi connectivity index (χ0n) is 53.9. The molecule has 6 nitrogen and oxygen atoms in total. The van der Waals surface area contributed by atoms with Crippen molar-refractivity contribution in [2.45, 2.75) is 425 Å². The lowest BCUT2D eigenvalue weighted by Crippen LogP contribution is -2.30. The Hall–Kier alpha value is -1.85. The maximum Gasteiger partial charge on any atom is 0.306 e. The van der Waals surface area contributed by atoms with E-state index in [0.29, 0.717) is 19.3 Å². The molecule has 0 saturated carbocycles. The fourth-order valence-corrected chi connectivity index (χ4v) is 11.3. The van der Waals surface area contributed by atoms with Crippen LogP contribution in [-0.2, 0) is 28.6 Å². The van der Waals surface area contributed by atoms with E-state index in [1.165, 1.54) is 315 Å². The number of carbonyl (C=O) groups excluding carboxylic acids is 3. The second kappa shape index (κ2) is 68.6. The fraction of sp³-hybridized carbons (Fsp3) is 0.932. The highest BCUT2D eigenvalue weighted by molar-refractivity contribution is 5.71. The summed E-state index contributed by atoms with van der Waals surface area (Å²) in [5.74, 6) is -0.847. The average molecular weight is 1110 g/mol. The Balaban J connectivity index is 3.89. The smallest absolute Gasteiger partial charge is 0.306 e. The Labute approximate surface area is 494 Å². The first-order valence-electron chi connectivity index (χ1n) is 36.2. The molecule has 468 valence electrons. The molecule has 0 amide bonds. The van der Waals surface area contributed by atoms with Gasteiger partial charge in [0, 0.05) is 19.3 Å². The monoisotopic (exact) mass is 1110 g/mol. The largest absolute Gasteiger partial charge is 0.462 e. The SMILES string of the molecule is CCCCCCCCCC/C=C\CCCCCCCCCCCCCCCCCC(=O)OC(COC(=O)CCCCCCC)COC(=O)CCCCCCCCCCCCCCCCCCCCCCCCCCCCCCC. The molecule has 0 fully saturated rings. The molecule has 79 heavy (non-hydrogen) atoms. The predicted molar refractivity (Wildman–Crippen MR) is 344 cm³/mol. The van der Waals surface area contributed by atoms with Gasteiger partial charge in [-0.05, 0) is 44.9 Å². The molecule has 0 aromatic carbocycles. The lowest BCUT2D eigenvalue weighted by molar-refractivity contribution is -0.167. The van der Waals surface area contributed by atoms with Gasteiger partial charge in [-0.25, -0.2) is 0 Å². The minimum Gasteiger partial charge on any atom is -0.462 e. The summed E-state index contributed by atoms with van der Waals surface area (Å²) in [7, 11) is 0. The van der Waals surface area contributed by atoms with Gasteiger partial charge in [0.1, 0.15) is 13.2 Å². The van der Waals surface area contributed by atoms with Crippen LogP contribution in [0.15, 0.2) is 12.2 Å². The van der Waals surface area contributed by atoms with Crippen molar-refractivity contribution in [3.8, 4) is 0 Å². The third-order valence-electron chi connectivity index (χ3n) is 16.8. The van der Waals surface area contributed by atoms with Crippen molar-refractivity contribution in [1.29, 1.82) is 0 Å². The van der Waals surface area contributed by atoms with Crippen LogP contribution in [0.4, 0.5) is 0 Å². The van der Waals surface area contributed by atoms with E-state index in [-0.39, 0.29) is 31.1 Å². The second-order valence-corrected chi connectivity index (χ2v) is 24.9. The normalized spacial score (nSPS) is 12.0. The van der Waals surface area contributed by atoms with Gasteiger partial charge in [-0.1, -0.05) is 367 Å². The molecular weight excluding hydrogens is 973 g/mol. The van der Waals surface area contributed by atoms with Crippen LogP contribution < -0.4 is 0 Å². The molecule has 0 aliphatic heterocycles. The summed E-state index contributed by atoms with van der Waals surface area (Å²) in [5, 5.41) is 0. The highest BCUT2D eigenvalue weighted by Crippen LogP contribution is 2.19. The zero-order chi connectivity index (χ0) is 57.1. The van der Waals surface area contributed by atoms with Gasteiger partial charge in [0.15, 0.2) is 6.10 Å². The van der Waals surface area contributed by atoms with Gasteiger partial charge in [0.2, 0.25) is 0 Å². The Bertz CT molecular complexity index is 1230. The number of ether oxygens (including phenoxy) is 3. The zero-order valence-corrected chi connectivity index (χ0v) is 53.9. The van der Waals surface area contributed by atoms with Crippen LogP contribution in [0.2, 0.25) is 0 Å². The van der Waals surface area contributed by atoms with Gasteiger partial charge in [-0.15, -0.1) is 0 Å². The van der Waals surface area contributed by atoms with E-state index < -0.39 is 6.10 Å². The summed E-state index contributed by atoms with van der Waals surface area (Å²) in [6, 6.07) is 0. The van der Waals surface area contributed by atoms with Crippen molar-refractivity contribution in [3.05, 3.63) is 12.2 Å². The van der Waals surface area contributed by atoms with Crippen LogP contribution in [0.3, 0.4) is 0 Å². The van der Waals surface area contributed by atoms with E-state index in [1.807, 2.05) is 0 Å². The molecule has 0 radical (unpaired) electrons. The van der Waals surface area contributed by atoms with Gasteiger partial charge in [0.05, 0.1) is 0 Å². The predicted octanol–water partition coefficient (Wildman–Crippen LogP) is 24.8. The first-order valence-corrected chi connectivity index (χ1v) is 36.2. The molecule has 0 spiro atoms. The number of esters is 3. The maximum absolute atomic E-state index is 12.9. The molecule has 0 aromatic heterocycles. The minimum atomic E-state index is -0.763. The van der Waals surface area contributed by atoms with Crippen molar-refractivity contribution in [3.63, 3.8) is 0 Å². The fourth-order valence-electron chi connectivity index (χ4n) is 11.3. The van der Waals surface area contributed by atoms with Crippen molar-refractivity contribution in [1.82, 2.24) is 0 Å². The topological polar surface area (TPSA) is 78.9 Å². The number of carbonyl (C=O) groups is 3. The van der Waals surface area contributed by atoms with Gasteiger partial charge < -0.3 is 14.2 Å². The molecule has 1 unspecified atom stereocenters. The van der Waals surface area contributed by atoms with Gasteiger partial charge in [0.25, 0.3) is 0 Å². The minimum absolute atomic E-state index is 0.0640. The number of hydrogen-bond acceptors (Lipinski definition) is 6. The molecule has 0 heterocycles. The quantitative estimate of drug-likeness (QED) is 0.0261. The van der Waals surface area contributed by atoms with Crippen LogP contribution >= 0.6 is 0 Å². The first kappa shape index (κ1) is 77.2. The van der Waals surface area contributed by atoms with E-state index in [9.17, 15) is 14.4 Å². The Morgan fingerprint density at radius 1 is 0.241 bits per heavy atom. The molecule has 0 rings (SSSR count). The van der Waals surface area contributed by atoms with Gasteiger partial charge >= 0.3 is 17.9 Å². The standard InChI is InChI=1S/C73H140O6/c1-4-7-10-13-15-17-19-21-23-25-27-29-31-33-35-36-38-39-41-43-45-47-49-51-53-55-57-60-63-66-72(75)78-69-70(68-77-71(74)65-62-59-12-9-6-3)79-73(76)67-64-61-58-56-54-52-50-48-46-44-42-40-37-34-32-30-28-26-24-22-20-18-16-14-11-8-5-2/h26,28,70H,4-25,27,29-69H2,1-3H3/b28-26-. The van der Waals surface area contributed by atoms with Crippen LogP contribution in [-0.4, -0.2) is 37.2 Å². The lowest BCUT2D eigenvalue weighted by Gasteiger charge is -2.18. The van der Waals surface area contributed by atoms with Crippen LogP contribution in [0, 0.1) is 0 Å². The second-order valence-electron chi connectivity index (χ2n) is 24.9. The number of unbranched alkanes of at least 4 members (excludes halogenated alkanes) is 55. The molecule has 6 heteroatoms. The van der Waals surface area contributed by atoms with Gasteiger partial charge in [-0.3, -0.25) is 14.4 Å². The van der Waals surface area contributed by atoms with Crippen molar-refractivity contribution < 1.29 is 28.6 Å². The molecule has 0 saturated heterocycles. The third-order valence-corrected chi connectivity index (χ3v) is 16.8. The summed E-state index contributed by atoms with van der Waals surface area (Å²) >= 11 is 0.